The average Bonchev–Trinajstić information content (AvgIpc) is 3.43. The van der Waals surface area contributed by atoms with E-state index >= 15 is 0 Å². The van der Waals surface area contributed by atoms with E-state index in [1.54, 1.807) is 17.4 Å². The summed E-state index contributed by atoms with van der Waals surface area (Å²) in [5.41, 5.74) is 3.57. The first kappa shape index (κ1) is 24.2. The van der Waals surface area contributed by atoms with Crippen LogP contribution in [-0.4, -0.2) is 46.9 Å². The summed E-state index contributed by atoms with van der Waals surface area (Å²) in [6, 6.07) is 23.0. The topological polar surface area (TPSA) is 45.7 Å². The van der Waals surface area contributed by atoms with Crippen LogP contribution in [0.1, 0.15) is 28.8 Å². The predicted octanol–water partition coefficient (Wildman–Crippen LogP) is 6.01. The lowest BCUT2D eigenvalue weighted by Crippen LogP contribution is -2.41. The highest BCUT2D eigenvalue weighted by molar-refractivity contribution is 7.10. The summed E-state index contributed by atoms with van der Waals surface area (Å²) in [6.07, 6.45) is 7.26. The number of carbonyl (C=O) groups is 1. The van der Waals surface area contributed by atoms with E-state index in [4.69, 9.17) is 4.74 Å². The SMILES string of the molecule is CN(Cc1ccc(OC2CCN(C(=O)C=Cc3cccs3)CC2)cc1)Cc1ccc2ncccc2c1. The quantitative estimate of drug-likeness (QED) is 0.280. The first-order chi connectivity index (χ1) is 17.6. The van der Waals surface area contributed by atoms with Gasteiger partial charge in [-0.3, -0.25) is 14.7 Å². The third-order valence-corrected chi connectivity index (χ3v) is 7.32. The lowest BCUT2D eigenvalue weighted by molar-refractivity contribution is -0.127. The Hall–Kier alpha value is -3.48. The summed E-state index contributed by atoms with van der Waals surface area (Å²) in [5.74, 6) is 0.974. The molecule has 0 atom stereocenters. The van der Waals surface area contributed by atoms with E-state index in [0.29, 0.717) is 0 Å². The molecular weight excluding hydrogens is 466 g/mol. The summed E-state index contributed by atoms with van der Waals surface area (Å²) in [7, 11) is 2.14. The van der Waals surface area contributed by atoms with E-state index in [-0.39, 0.29) is 12.0 Å². The molecule has 6 heteroatoms. The van der Waals surface area contributed by atoms with Crippen LogP contribution in [0, 0.1) is 0 Å². The molecule has 0 bridgehead atoms. The van der Waals surface area contributed by atoms with Gasteiger partial charge in [0.15, 0.2) is 0 Å². The van der Waals surface area contributed by atoms with Gasteiger partial charge >= 0.3 is 0 Å². The van der Waals surface area contributed by atoms with Crippen LogP contribution in [0.15, 0.2) is 84.4 Å². The minimum Gasteiger partial charge on any atom is -0.490 e. The van der Waals surface area contributed by atoms with Gasteiger partial charge in [-0.05, 0) is 66.0 Å². The summed E-state index contributed by atoms with van der Waals surface area (Å²) in [4.78, 5) is 22.2. The van der Waals surface area contributed by atoms with Crippen LogP contribution in [0.25, 0.3) is 17.0 Å². The third-order valence-electron chi connectivity index (χ3n) is 6.49. The normalized spacial score (nSPS) is 14.7. The molecule has 1 fully saturated rings. The number of benzene rings is 2. The fourth-order valence-electron chi connectivity index (χ4n) is 4.61. The number of amides is 1. The molecule has 2 aromatic carbocycles. The molecule has 1 aliphatic rings. The van der Waals surface area contributed by atoms with Crippen molar-refractivity contribution in [2.24, 2.45) is 0 Å². The first-order valence-corrected chi connectivity index (χ1v) is 13.3. The number of aromatic nitrogens is 1. The molecule has 0 saturated carbocycles. The largest absolute Gasteiger partial charge is 0.490 e. The molecule has 5 nitrogen and oxygen atoms in total. The fraction of sp³-hybridized carbons (Fsp3) is 0.267. The first-order valence-electron chi connectivity index (χ1n) is 12.4. The summed E-state index contributed by atoms with van der Waals surface area (Å²) in [6.45, 7) is 3.20. The zero-order valence-corrected chi connectivity index (χ0v) is 21.4. The molecule has 36 heavy (non-hydrogen) atoms. The minimum atomic E-state index is 0.0793. The monoisotopic (exact) mass is 497 g/mol. The van der Waals surface area contributed by atoms with Gasteiger partial charge in [-0.2, -0.15) is 0 Å². The predicted molar refractivity (Wildman–Crippen MR) is 147 cm³/mol. The summed E-state index contributed by atoms with van der Waals surface area (Å²) < 4.78 is 6.22. The van der Waals surface area contributed by atoms with Gasteiger partial charge in [-0.25, -0.2) is 0 Å². The number of carbonyl (C=O) groups excluding carboxylic acids is 1. The van der Waals surface area contributed by atoms with Crippen LogP contribution in [0.4, 0.5) is 0 Å². The van der Waals surface area contributed by atoms with E-state index in [2.05, 4.69) is 65.5 Å². The highest BCUT2D eigenvalue weighted by atomic mass is 32.1. The van der Waals surface area contributed by atoms with Crippen molar-refractivity contribution in [3.05, 3.63) is 100 Å². The summed E-state index contributed by atoms with van der Waals surface area (Å²) in [5, 5.41) is 3.19. The molecule has 5 rings (SSSR count). The number of likely N-dealkylation sites (tertiary alicyclic amines) is 1. The van der Waals surface area contributed by atoms with Gasteiger partial charge in [-0.1, -0.05) is 30.3 Å². The second kappa shape index (κ2) is 11.5. The van der Waals surface area contributed by atoms with E-state index in [0.717, 1.165) is 55.2 Å². The maximum atomic E-state index is 12.5. The van der Waals surface area contributed by atoms with Crippen molar-refractivity contribution < 1.29 is 9.53 Å². The zero-order chi connectivity index (χ0) is 24.7. The zero-order valence-electron chi connectivity index (χ0n) is 20.5. The number of nitrogens with zero attached hydrogens (tertiary/aromatic N) is 3. The number of rotatable bonds is 8. The Morgan fingerprint density at radius 1 is 1.06 bits per heavy atom. The van der Waals surface area contributed by atoms with Gasteiger partial charge in [0.2, 0.25) is 5.91 Å². The Morgan fingerprint density at radius 2 is 1.83 bits per heavy atom. The molecule has 184 valence electrons. The van der Waals surface area contributed by atoms with Crippen molar-refractivity contribution in [3.8, 4) is 5.75 Å². The Labute approximate surface area is 216 Å². The van der Waals surface area contributed by atoms with Crippen molar-refractivity contribution in [1.29, 1.82) is 0 Å². The number of pyridine rings is 1. The molecule has 0 radical (unpaired) electrons. The Morgan fingerprint density at radius 3 is 2.61 bits per heavy atom. The van der Waals surface area contributed by atoms with E-state index in [9.17, 15) is 4.79 Å². The van der Waals surface area contributed by atoms with Gasteiger partial charge < -0.3 is 9.64 Å². The number of hydrogen-bond acceptors (Lipinski definition) is 5. The van der Waals surface area contributed by atoms with Gasteiger partial charge in [0, 0.05) is 61.6 Å². The van der Waals surface area contributed by atoms with Crippen LogP contribution in [0.3, 0.4) is 0 Å². The second-order valence-electron chi connectivity index (χ2n) is 9.34. The van der Waals surface area contributed by atoms with Crippen LogP contribution >= 0.6 is 11.3 Å². The smallest absolute Gasteiger partial charge is 0.246 e. The minimum absolute atomic E-state index is 0.0793. The fourth-order valence-corrected chi connectivity index (χ4v) is 5.23. The Bertz CT molecular complexity index is 1310. The van der Waals surface area contributed by atoms with Crippen molar-refractivity contribution in [2.45, 2.75) is 32.0 Å². The number of ether oxygens (including phenoxy) is 1. The van der Waals surface area contributed by atoms with Crippen molar-refractivity contribution in [1.82, 2.24) is 14.8 Å². The number of hydrogen-bond donors (Lipinski definition) is 0. The van der Waals surface area contributed by atoms with Crippen LogP contribution in [-0.2, 0) is 17.9 Å². The standard InChI is InChI=1S/C30H31N3O2S/c1-32(22-24-8-12-29-25(20-24)4-2-16-31-29)21-23-6-9-26(10-7-23)35-27-14-17-33(18-15-27)30(34)13-11-28-5-3-19-36-28/h2-13,16,19-20,27H,14-15,17-18,21-22H2,1H3. The molecule has 3 heterocycles. The Balaban J connectivity index is 1.07. The van der Waals surface area contributed by atoms with Crippen LogP contribution in [0.2, 0.25) is 0 Å². The lowest BCUT2D eigenvalue weighted by Gasteiger charge is -2.31. The number of fused-ring (bicyclic) bond motifs is 1. The maximum Gasteiger partial charge on any atom is 0.246 e. The summed E-state index contributed by atoms with van der Waals surface area (Å²) >= 11 is 1.64. The van der Waals surface area contributed by atoms with Crippen molar-refractivity contribution in [3.63, 3.8) is 0 Å². The van der Waals surface area contributed by atoms with E-state index in [1.165, 1.54) is 16.5 Å². The molecule has 0 aliphatic carbocycles. The van der Waals surface area contributed by atoms with E-state index in [1.807, 2.05) is 40.8 Å². The highest BCUT2D eigenvalue weighted by Crippen LogP contribution is 2.21. The molecule has 1 saturated heterocycles. The highest BCUT2D eigenvalue weighted by Gasteiger charge is 2.22. The molecule has 0 N–H and O–H groups in total. The number of piperidine rings is 1. The average molecular weight is 498 g/mol. The van der Waals surface area contributed by atoms with Crippen LogP contribution < -0.4 is 4.74 Å². The molecular formula is C30H31N3O2S. The Kier molecular flexibility index (Phi) is 7.74. The second-order valence-corrected chi connectivity index (χ2v) is 10.3. The molecule has 1 amide bonds. The third kappa shape index (κ3) is 6.39. The molecule has 0 unspecified atom stereocenters. The van der Waals surface area contributed by atoms with Crippen molar-refractivity contribution >= 4 is 34.2 Å². The molecule has 4 aromatic rings. The lowest BCUT2D eigenvalue weighted by atomic mass is 10.1. The molecule has 1 aliphatic heterocycles. The number of thiophene rings is 1. The van der Waals surface area contributed by atoms with E-state index < -0.39 is 0 Å². The van der Waals surface area contributed by atoms with Gasteiger partial charge in [0.1, 0.15) is 11.9 Å². The maximum absolute atomic E-state index is 12.5. The van der Waals surface area contributed by atoms with Gasteiger partial charge in [0.25, 0.3) is 0 Å². The molecule has 2 aromatic heterocycles. The van der Waals surface area contributed by atoms with Gasteiger partial charge in [0.05, 0.1) is 5.52 Å². The van der Waals surface area contributed by atoms with Gasteiger partial charge in [-0.15, -0.1) is 11.3 Å². The van der Waals surface area contributed by atoms with Crippen molar-refractivity contribution in [2.75, 3.05) is 20.1 Å². The van der Waals surface area contributed by atoms with Crippen LogP contribution in [0.5, 0.6) is 5.75 Å². The molecule has 0 spiro atoms.